The molecular formula is C14H4Cl2F6N4S. The van der Waals surface area contributed by atoms with Crippen molar-refractivity contribution in [1.82, 2.24) is 4.57 Å². The summed E-state index contributed by atoms with van der Waals surface area (Å²) in [5, 5.41) is 17.1. The summed E-state index contributed by atoms with van der Waals surface area (Å²) in [6.45, 7) is 0. The van der Waals surface area contributed by atoms with Gasteiger partial charge < -0.3 is 5.73 Å². The molecule has 0 aliphatic carbocycles. The summed E-state index contributed by atoms with van der Waals surface area (Å²) in [6, 6.07) is 3.89. The van der Waals surface area contributed by atoms with Gasteiger partial charge in [0.05, 0.1) is 26.2 Å². The maximum Gasteiger partial charge on any atom is 0.446 e. The number of alkyl halides is 6. The molecule has 0 aliphatic rings. The van der Waals surface area contributed by atoms with Gasteiger partial charge in [0.1, 0.15) is 29.2 Å². The lowest BCUT2D eigenvalue weighted by atomic mass is 10.2. The molecule has 2 aromatic rings. The van der Waals surface area contributed by atoms with Gasteiger partial charge in [-0.3, -0.25) is 4.57 Å². The van der Waals surface area contributed by atoms with Crippen molar-refractivity contribution in [2.24, 2.45) is 0 Å². The number of rotatable bonds is 2. The molecule has 0 amide bonds. The summed E-state index contributed by atoms with van der Waals surface area (Å²) < 4.78 is 77.4. The lowest BCUT2D eigenvalue weighted by Gasteiger charge is -2.15. The van der Waals surface area contributed by atoms with Crippen LogP contribution in [-0.4, -0.2) is 10.1 Å². The van der Waals surface area contributed by atoms with E-state index >= 15 is 0 Å². The smallest absolute Gasteiger partial charge is 0.384 e. The monoisotopic (exact) mass is 444 g/mol. The second kappa shape index (κ2) is 7.08. The number of anilines is 1. The minimum atomic E-state index is -4.84. The number of hydrogen-bond donors (Lipinski definition) is 1. The van der Waals surface area contributed by atoms with E-state index in [-0.39, 0.29) is 0 Å². The van der Waals surface area contributed by atoms with Crippen LogP contribution < -0.4 is 5.73 Å². The number of thioether (sulfide) groups is 1. The predicted molar refractivity (Wildman–Crippen MR) is 86.5 cm³/mol. The largest absolute Gasteiger partial charge is 0.446 e. The predicted octanol–water partition coefficient (Wildman–Crippen LogP) is 5.74. The number of hydrogen-bond acceptors (Lipinski definition) is 4. The van der Waals surface area contributed by atoms with E-state index in [9.17, 15) is 31.6 Å². The third-order valence-electron chi connectivity index (χ3n) is 3.16. The highest BCUT2D eigenvalue weighted by Crippen LogP contribution is 2.46. The van der Waals surface area contributed by atoms with E-state index in [4.69, 9.17) is 34.2 Å². The molecule has 0 atom stereocenters. The number of nitriles is 2. The van der Waals surface area contributed by atoms with Gasteiger partial charge in [-0.05, 0) is 23.9 Å². The number of halogens is 8. The van der Waals surface area contributed by atoms with E-state index in [1.807, 2.05) is 0 Å². The van der Waals surface area contributed by atoms with Crippen LogP contribution in [0.15, 0.2) is 17.0 Å². The molecule has 0 bridgehead atoms. The van der Waals surface area contributed by atoms with Crippen LogP contribution >= 0.6 is 35.0 Å². The van der Waals surface area contributed by atoms with Crippen molar-refractivity contribution in [3.63, 3.8) is 0 Å². The van der Waals surface area contributed by atoms with Crippen LogP contribution in [0.5, 0.6) is 0 Å². The Morgan fingerprint density at radius 3 is 1.89 bits per heavy atom. The quantitative estimate of drug-likeness (QED) is 0.473. The lowest BCUT2D eigenvalue weighted by Crippen LogP contribution is -2.09. The average Bonchev–Trinajstić information content (AvgIpc) is 2.76. The van der Waals surface area contributed by atoms with E-state index in [2.05, 4.69) is 0 Å². The van der Waals surface area contributed by atoms with Gasteiger partial charge >= 0.3 is 11.7 Å². The second-order valence-corrected chi connectivity index (χ2v) is 6.72. The number of nitrogens with zero attached hydrogens (tertiary/aromatic N) is 3. The molecule has 0 aliphatic heterocycles. The van der Waals surface area contributed by atoms with Crippen molar-refractivity contribution < 1.29 is 26.3 Å². The van der Waals surface area contributed by atoms with Gasteiger partial charge in [-0.25, -0.2) is 0 Å². The zero-order valence-electron chi connectivity index (χ0n) is 12.5. The van der Waals surface area contributed by atoms with Crippen molar-refractivity contribution in [3.8, 4) is 17.8 Å². The maximum atomic E-state index is 12.8. The van der Waals surface area contributed by atoms with Gasteiger partial charge in [0.25, 0.3) is 0 Å². The van der Waals surface area contributed by atoms with Crippen LogP contribution in [0, 0.1) is 22.7 Å². The summed E-state index contributed by atoms with van der Waals surface area (Å²) in [5.41, 5.74) is -2.20. The van der Waals surface area contributed by atoms with Gasteiger partial charge in [0.15, 0.2) is 0 Å². The Labute approximate surface area is 161 Å². The molecule has 142 valence electrons. The van der Waals surface area contributed by atoms with Gasteiger partial charge in [-0.2, -0.15) is 36.9 Å². The summed E-state index contributed by atoms with van der Waals surface area (Å²) in [4.78, 5) is -0.784. The van der Waals surface area contributed by atoms with E-state index in [1.165, 1.54) is 12.1 Å². The van der Waals surface area contributed by atoms with Crippen molar-refractivity contribution in [3.05, 3.63) is 39.0 Å². The molecule has 2 rings (SSSR count). The van der Waals surface area contributed by atoms with Gasteiger partial charge in [-0.1, -0.05) is 23.2 Å². The molecule has 1 aromatic heterocycles. The van der Waals surface area contributed by atoms with Gasteiger partial charge in [0, 0.05) is 0 Å². The molecular weight excluding hydrogens is 441 g/mol. The highest BCUT2D eigenvalue weighted by Gasteiger charge is 2.37. The summed E-state index contributed by atoms with van der Waals surface area (Å²) in [7, 11) is 0. The topological polar surface area (TPSA) is 78.5 Å². The molecule has 0 radical (unpaired) electrons. The fourth-order valence-electron chi connectivity index (χ4n) is 2.17. The summed E-state index contributed by atoms with van der Waals surface area (Å²) in [6.07, 6.45) is -4.79. The zero-order chi connectivity index (χ0) is 20.7. The van der Waals surface area contributed by atoms with Crippen LogP contribution in [0.1, 0.15) is 16.8 Å². The number of aromatic nitrogens is 1. The Morgan fingerprint density at radius 1 is 1.00 bits per heavy atom. The molecule has 13 heteroatoms. The first-order valence-corrected chi connectivity index (χ1v) is 8.05. The molecule has 0 fully saturated rings. The highest BCUT2D eigenvalue weighted by molar-refractivity contribution is 8.00. The molecule has 27 heavy (non-hydrogen) atoms. The first-order chi connectivity index (χ1) is 12.3. The average molecular weight is 445 g/mol. The van der Waals surface area contributed by atoms with Crippen LogP contribution in [0.2, 0.25) is 10.0 Å². The Kier molecular flexibility index (Phi) is 5.53. The molecule has 4 nitrogen and oxygen atoms in total. The molecule has 0 spiro atoms. The van der Waals surface area contributed by atoms with Crippen molar-refractivity contribution >= 4 is 40.8 Å². The summed E-state index contributed by atoms with van der Waals surface area (Å²) in [5.74, 6) is -0.714. The molecule has 0 unspecified atom stereocenters. The standard InChI is InChI=1S/C14H4Cl2F6N4S/c15-7-1-5(13(17,18)19)2-8(16)10(7)26-9(4-24)6(3-23)11(12(26)25)27-14(20,21)22/h1-2H,25H2. The molecule has 0 saturated heterocycles. The Morgan fingerprint density at radius 2 is 1.52 bits per heavy atom. The van der Waals surface area contributed by atoms with Crippen LogP contribution in [0.25, 0.3) is 5.69 Å². The number of benzene rings is 1. The SMILES string of the molecule is N#Cc1c(SC(F)(F)F)c(N)n(-c2c(Cl)cc(C(F)(F)F)cc2Cl)c1C#N. The van der Waals surface area contributed by atoms with E-state index in [1.54, 1.807) is 0 Å². The molecule has 0 saturated carbocycles. The van der Waals surface area contributed by atoms with E-state index in [0.29, 0.717) is 16.7 Å². The van der Waals surface area contributed by atoms with E-state index in [0.717, 1.165) is 0 Å². The zero-order valence-corrected chi connectivity index (χ0v) is 14.8. The second-order valence-electron chi connectivity index (χ2n) is 4.83. The minimum absolute atomic E-state index is 0.453. The van der Waals surface area contributed by atoms with Gasteiger partial charge in [0.2, 0.25) is 0 Å². The van der Waals surface area contributed by atoms with Crippen LogP contribution in [0.4, 0.5) is 32.2 Å². The Bertz CT molecular complexity index is 974. The minimum Gasteiger partial charge on any atom is -0.384 e. The van der Waals surface area contributed by atoms with E-state index < -0.39 is 66.7 Å². The van der Waals surface area contributed by atoms with Crippen molar-refractivity contribution in [2.75, 3.05) is 5.73 Å². The fourth-order valence-corrected chi connectivity index (χ4v) is 3.50. The normalized spacial score (nSPS) is 11.9. The van der Waals surface area contributed by atoms with Crippen LogP contribution in [0.3, 0.4) is 0 Å². The Hall–Kier alpha value is -2.21. The van der Waals surface area contributed by atoms with Crippen molar-refractivity contribution in [1.29, 1.82) is 10.5 Å². The molecule has 1 aromatic carbocycles. The van der Waals surface area contributed by atoms with Gasteiger partial charge in [-0.15, -0.1) is 0 Å². The lowest BCUT2D eigenvalue weighted by molar-refractivity contribution is -0.137. The number of nitrogens with two attached hydrogens (primary N) is 1. The first-order valence-electron chi connectivity index (χ1n) is 6.48. The van der Waals surface area contributed by atoms with Crippen molar-refractivity contribution in [2.45, 2.75) is 16.6 Å². The Balaban J connectivity index is 2.85. The first kappa shape index (κ1) is 21.1. The third kappa shape index (κ3) is 4.05. The summed E-state index contributed by atoms with van der Waals surface area (Å²) >= 11 is 10.9. The molecule has 1 heterocycles. The maximum absolute atomic E-state index is 12.8. The molecule has 2 N–H and O–H groups in total. The highest BCUT2D eigenvalue weighted by atomic mass is 35.5. The fraction of sp³-hybridized carbons (Fsp3) is 0.143. The number of nitrogen functional groups attached to an aromatic ring is 1. The van der Waals surface area contributed by atoms with Crippen LogP contribution in [-0.2, 0) is 6.18 Å². The third-order valence-corrected chi connectivity index (χ3v) is 4.59.